The zero-order chi connectivity index (χ0) is 11.5. The Morgan fingerprint density at radius 1 is 1.47 bits per heavy atom. The number of benzene rings is 1. The van der Waals surface area contributed by atoms with E-state index >= 15 is 0 Å². The number of hydrogen-bond acceptors (Lipinski definition) is 3. The van der Waals surface area contributed by atoms with Crippen LogP contribution in [0, 0.1) is 0 Å². The first-order valence-electron chi connectivity index (χ1n) is 5.90. The monoisotopic (exact) mass is 229 g/mol. The number of nitrogens with zero attached hydrogens (tertiary/aromatic N) is 1. The fraction of sp³-hybridized carbons (Fsp3) is 0.308. The van der Waals surface area contributed by atoms with E-state index in [1.807, 2.05) is 18.3 Å². The third kappa shape index (κ3) is 2.11. The lowest BCUT2D eigenvalue weighted by molar-refractivity contribution is 0.135. The quantitative estimate of drug-likeness (QED) is 0.850. The normalized spacial score (nSPS) is 19.2. The molecule has 3 rings (SSSR count). The van der Waals surface area contributed by atoms with E-state index in [0.717, 1.165) is 36.0 Å². The highest BCUT2D eigenvalue weighted by Crippen LogP contribution is 2.21. The third-order valence-corrected chi connectivity index (χ3v) is 3.03. The number of aromatic amines is 1. The summed E-state index contributed by atoms with van der Waals surface area (Å²) in [5.41, 5.74) is 2.16. The van der Waals surface area contributed by atoms with Gasteiger partial charge in [0, 0.05) is 11.1 Å². The van der Waals surface area contributed by atoms with Gasteiger partial charge in [-0.15, -0.1) is 0 Å². The fourth-order valence-electron chi connectivity index (χ4n) is 2.08. The molecular formula is C13H15N3O. The molecule has 0 amide bonds. The molecule has 2 aromatic rings. The summed E-state index contributed by atoms with van der Waals surface area (Å²) in [7, 11) is 0. The molecule has 2 N–H and O–H groups in total. The molecule has 1 aromatic heterocycles. The van der Waals surface area contributed by atoms with Crippen LogP contribution in [0.15, 0.2) is 36.7 Å². The van der Waals surface area contributed by atoms with Crippen LogP contribution in [0.4, 0.5) is 5.69 Å². The van der Waals surface area contributed by atoms with Crippen molar-refractivity contribution in [3.8, 4) is 0 Å². The van der Waals surface area contributed by atoms with E-state index in [1.54, 1.807) is 6.26 Å². The van der Waals surface area contributed by atoms with Crippen LogP contribution in [-0.4, -0.2) is 22.8 Å². The van der Waals surface area contributed by atoms with Gasteiger partial charge in [-0.2, -0.15) is 5.10 Å². The number of fused-ring (bicyclic) bond motifs is 1. The summed E-state index contributed by atoms with van der Waals surface area (Å²) in [6.45, 7) is 0.828. The Hall–Kier alpha value is -1.97. The highest BCUT2D eigenvalue weighted by Gasteiger charge is 2.11. The van der Waals surface area contributed by atoms with Crippen LogP contribution in [0.5, 0.6) is 0 Å². The molecule has 4 nitrogen and oxygen atoms in total. The Morgan fingerprint density at radius 2 is 2.47 bits per heavy atom. The maximum atomic E-state index is 5.53. The summed E-state index contributed by atoms with van der Waals surface area (Å²) in [5.74, 6) is 0. The summed E-state index contributed by atoms with van der Waals surface area (Å²) in [5, 5.41) is 11.6. The van der Waals surface area contributed by atoms with Gasteiger partial charge >= 0.3 is 0 Å². The molecular weight excluding hydrogens is 214 g/mol. The van der Waals surface area contributed by atoms with Crippen LogP contribution in [0.25, 0.3) is 10.9 Å². The molecule has 0 spiro atoms. The van der Waals surface area contributed by atoms with Gasteiger partial charge < -0.3 is 10.1 Å². The minimum Gasteiger partial charge on any atom is -0.497 e. The molecule has 0 aliphatic carbocycles. The van der Waals surface area contributed by atoms with Gasteiger partial charge in [0.15, 0.2) is 0 Å². The summed E-state index contributed by atoms with van der Waals surface area (Å²) in [4.78, 5) is 0. The largest absolute Gasteiger partial charge is 0.497 e. The van der Waals surface area contributed by atoms with E-state index in [4.69, 9.17) is 4.74 Å². The molecule has 88 valence electrons. The van der Waals surface area contributed by atoms with E-state index < -0.39 is 0 Å². The number of hydrogen-bond donors (Lipinski definition) is 2. The van der Waals surface area contributed by atoms with E-state index in [2.05, 4.69) is 27.7 Å². The number of anilines is 1. The molecule has 0 radical (unpaired) electrons. The summed E-state index contributed by atoms with van der Waals surface area (Å²) in [6, 6.07) is 6.11. The molecule has 1 atom stereocenters. The topological polar surface area (TPSA) is 49.9 Å². The van der Waals surface area contributed by atoms with Crippen molar-refractivity contribution in [1.29, 1.82) is 0 Å². The average molecular weight is 229 g/mol. The van der Waals surface area contributed by atoms with Gasteiger partial charge in [-0.3, -0.25) is 5.10 Å². The van der Waals surface area contributed by atoms with Crippen molar-refractivity contribution in [3.63, 3.8) is 0 Å². The Balaban J connectivity index is 1.72. The molecule has 1 aromatic carbocycles. The predicted octanol–water partition coefficient (Wildman–Crippen LogP) is 2.67. The van der Waals surface area contributed by atoms with Crippen molar-refractivity contribution in [3.05, 3.63) is 36.7 Å². The highest BCUT2D eigenvalue weighted by atomic mass is 16.5. The van der Waals surface area contributed by atoms with Crippen molar-refractivity contribution < 1.29 is 4.74 Å². The zero-order valence-corrected chi connectivity index (χ0v) is 9.52. The molecule has 1 aliphatic heterocycles. The number of allylic oxidation sites excluding steroid dienone is 1. The van der Waals surface area contributed by atoms with Crippen molar-refractivity contribution in [1.82, 2.24) is 10.2 Å². The standard InChI is InChI=1S/C13H15N3O/c1-2-7-17-10(4-1)8-14-12-5-3-6-13-11(12)9-15-16-13/h2-3,5-7,9-10,14H,1,4,8H2,(H,15,16). The van der Waals surface area contributed by atoms with Gasteiger partial charge in [-0.25, -0.2) is 0 Å². The van der Waals surface area contributed by atoms with E-state index in [9.17, 15) is 0 Å². The first-order valence-corrected chi connectivity index (χ1v) is 5.90. The molecule has 1 unspecified atom stereocenters. The third-order valence-electron chi connectivity index (χ3n) is 3.03. The number of H-pyrrole nitrogens is 1. The average Bonchev–Trinajstić information content (AvgIpc) is 2.86. The molecule has 0 saturated heterocycles. The first kappa shape index (κ1) is 10.2. The Bertz CT molecular complexity index is 532. The SMILES string of the molecule is C1=COC(CNc2cccc3[nH]ncc23)CC1. The number of ether oxygens (including phenoxy) is 1. The smallest absolute Gasteiger partial charge is 0.115 e. The minimum atomic E-state index is 0.266. The second-order valence-electron chi connectivity index (χ2n) is 4.22. The van der Waals surface area contributed by atoms with Crippen LogP contribution in [0.1, 0.15) is 12.8 Å². The molecule has 17 heavy (non-hydrogen) atoms. The van der Waals surface area contributed by atoms with Crippen molar-refractivity contribution >= 4 is 16.6 Å². The van der Waals surface area contributed by atoms with Crippen LogP contribution in [-0.2, 0) is 4.74 Å². The Labute approximate surface area is 99.7 Å². The Kier molecular flexibility index (Phi) is 2.69. The lowest BCUT2D eigenvalue weighted by atomic mass is 10.1. The van der Waals surface area contributed by atoms with Gasteiger partial charge in [0.1, 0.15) is 6.10 Å². The fourth-order valence-corrected chi connectivity index (χ4v) is 2.08. The molecule has 0 fully saturated rings. The van der Waals surface area contributed by atoms with Gasteiger partial charge in [0.05, 0.1) is 24.5 Å². The molecule has 2 heterocycles. The molecule has 0 saturated carbocycles. The highest BCUT2D eigenvalue weighted by molar-refractivity contribution is 5.90. The summed E-state index contributed by atoms with van der Waals surface area (Å²) < 4.78 is 5.53. The predicted molar refractivity (Wildman–Crippen MR) is 67.8 cm³/mol. The first-order chi connectivity index (χ1) is 8.43. The van der Waals surface area contributed by atoms with Crippen molar-refractivity contribution in [2.24, 2.45) is 0 Å². The van der Waals surface area contributed by atoms with Gasteiger partial charge in [-0.1, -0.05) is 6.07 Å². The van der Waals surface area contributed by atoms with E-state index in [0.29, 0.717) is 0 Å². The van der Waals surface area contributed by atoms with Crippen LogP contribution >= 0.6 is 0 Å². The number of nitrogens with one attached hydrogen (secondary N) is 2. The second-order valence-corrected chi connectivity index (χ2v) is 4.22. The van der Waals surface area contributed by atoms with Gasteiger partial charge in [0.25, 0.3) is 0 Å². The Morgan fingerprint density at radius 3 is 3.35 bits per heavy atom. The molecule has 4 heteroatoms. The number of aromatic nitrogens is 2. The van der Waals surface area contributed by atoms with Crippen LogP contribution in [0.3, 0.4) is 0 Å². The molecule has 1 aliphatic rings. The minimum absolute atomic E-state index is 0.266. The van der Waals surface area contributed by atoms with Crippen LogP contribution < -0.4 is 5.32 Å². The van der Waals surface area contributed by atoms with Crippen LogP contribution in [0.2, 0.25) is 0 Å². The maximum Gasteiger partial charge on any atom is 0.115 e. The lowest BCUT2D eigenvalue weighted by Crippen LogP contribution is -2.22. The maximum absolute atomic E-state index is 5.53. The van der Waals surface area contributed by atoms with Gasteiger partial charge in [0.2, 0.25) is 0 Å². The summed E-state index contributed by atoms with van der Waals surface area (Å²) >= 11 is 0. The van der Waals surface area contributed by atoms with Gasteiger partial charge in [-0.05, 0) is 31.1 Å². The summed E-state index contributed by atoms with van der Waals surface area (Å²) in [6.07, 6.45) is 8.15. The zero-order valence-electron chi connectivity index (χ0n) is 9.52. The lowest BCUT2D eigenvalue weighted by Gasteiger charge is -2.20. The van der Waals surface area contributed by atoms with E-state index in [-0.39, 0.29) is 6.10 Å². The van der Waals surface area contributed by atoms with E-state index in [1.165, 1.54) is 0 Å². The van der Waals surface area contributed by atoms with Crippen molar-refractivity contribution in [2.75, 3.05) is 11.9 Å². The van der Waals surface area contributed by atoms with Crippen molar-refractivity contribution in [2.45, 2.75) is 18.9 Å². The number of rotatable bonds is 3. The second kappa shape index (κ2) is 4.49. The molecule has 0 bridgehead atoms.